The largest absolute Gasteiger partial charge is 0.383 e. The zero-order valence-corrected chi connectivity index (χ0v) is 17.0. The summed E-state index contributed by atoms with van der Waals surface area (Å²) >= 11 is 15.1. The van der Waals surface area contributed by atoms with Gasteiger partial charge in [0, 0.05) is 26.7 Å². The lowest BCUT2D eigenvalue weighted by Crippen LogP contribution is -2.35. The highest BCUT2D eigenvalue weighted by atomic mass is 35.5. The molecule has 0 aliphatic heterocycles. The van der Waals surface area contributed by atoms with Crippen LogP contribution in [-0.2, 0) is 17.8 Å². The number of rotatable bonds is 6. The summed E-state index contributed by atoms with van der Waals surface area (Å²) < 4.78 is 0. The Morgan fingerprint density at radius 1 is 1.27 bits per heavy atom. The maximum Gasteiger partial charge on any atom is 0.249 e. The Kier molecular flexibility index (Phi) is 6.32. The fraction of sp³-hybridized carbons (Fsp3) is 0.222. The zero-order valence-electron chi connectivity index (χ0n) is 13.8. The summed E-state index contributed by atoms with van der Waals surface area (Å²) in [6.07, 6.45) is -1.01. The number of aryl methyl sites for hydroxylation is 1. The van der Waals surface area contributed by atoms with Gasteiger partial charge >= 0.3 is 0 Å². The minimum absolute atomic E-state index is 0.153. The molecule has 1 aromatic carbocycles. The van der Waals surface area contributed by atoms with Crippen LogP contribution in [0.2, 0.25) is 10.0 Å². The number of hydrogen-bond acceptors (Lipinski definition) is 5. The van der Waals surface area contributed by atoms with E-state index in [9.17, 15) is 9.90 Å². The summed E-state index contributed by atoms with van der Waals surface area (Å²) in [6, 6.07) is 8.93. The maximum atomic E-state index is 12.1. The van der Waals surface area contributed by atoms with Gasteiger partial charge in [0.2, 0.25) is 5.91 Å². The molecule has 0 saturated heterocycles. The molecule has 8 heteroatoms. The van der Waals surface area contributed by atoms with E-state index >= 15 is 0 Å². The molecule has 1 amide bonds. The van der Waals surface area contributed by atoms with Crippen molar-refractivity contribution < 1.29 is 9.90 Å². The number of amides is 1. The predicted molar refractivity (Wildman–Crippen MR) is 108 cm³/mol. The van der Waals surface area contributed by atoms with E-state index in [1.54, 1.807) is 40.9 Å². The Labute approximate surface area is 169 Å². The van der Waals surface area contributed by atoms with Crippen LogP contribution < -0.4 is 5.32 Å². The van der Waals surface area contributed by atoms with Gasteiger partial charge in [-0.2, -0.15) is 0 Å². The molecule has 2 heterocycles. The van der Waals surface area contributed by atoms with Crippen molar-refractivity contribution in [3.63, 3.8) is 0 Å². The number of nitrogens with zero attached hydrogens (tertiary/aromatic N) is 1. The lowest BCUT2D eigenvalue weighted by molar-refractivity contribution is -0.129. The first-order valence-electron chi connectivity index (χ1n) is 7.82. The molecular weight excluding hydrogens is 411 g/mol. The van der Waals surface area contributed by atoms with Gasteiger partial charge in [-0.05, 0) is 42.8 Å². The van der Waals surface area contributed by atoms with Crippen molar-refractivity contribution >= 4 is 51.8 Å². The lowest BCUT2D eigenvalue weighted by Gasteiger charge is -2.11. The van der Waals surface area contributed by atoms with Crippen molar-refractivity contribution in [1.29, 1.82) is 0 Å². The number of aliphatic hydroxyl groups is 1. The van der Waals surface area contributed by atoms with Crippen molar-refractivity contribution in [1.82, 2.24) is 10.3 Å². The fourth-order valence-corrected chi connectivity index (χ4v) is 4.59. The Morgan fingerprint density at radius 2 is 2.00 bits per heavy atom. The number of aromatic nitrogens is 1. The molecule has 3 rings (SSSR count). The highest BCUT2D eigenvalue weighted by Gasteiger charge is 2.16. The van der Waals surface area contributed by atoms with Gasteiger partial charge in [-0.1, -0.05) is 23.2 Å². The summed E-state index contributed by atoms with van der Waals surface area (Å²) in [7, 11) is 0. The van der Waals surface area contributed by atoms with Crippen molar-refractivity contribution in [2.45, 2.75) is 26.0 Å². The van der Waals surface area contributed by atoms with E-state index in [4.69, 9.17) is 23.2 Å². The van der Waals surface area contributed by atoms with Crippen molar-refractivity contribution in [2.75, 3.05) is 0 Å². The molecule has 1 atom stereocenters. The third-order valence-electron chi connectivity index (χ3n) is 3.62. The van der Waals surface area contributed by atoms with Crippen LogP contribution in [0.1, 0.15) is 15.4 Å². The first-order chi connectivity index (χ1) is 12.4. The molecule has 2 aromatic heterocycles. The third-order valence-corrected chi connectivity index (χ3v) is 5.94. The van der Waals surface area contributed by atoms with Crippen molar-refractivity contribution in [3.05, 3.63) is 61.2 Å². The topological polar surface area (TPSA) is 62.2 Å². The van der Waals surface area contributed by atoms with E-state index in [1.165, 1.54) is 0 Å². The fourth-order valence-electron chi connectivity index (χ4n) is 2.42. The number of benzene rings is 1. The van der Waals surface area contributed by atoms with Crippen LogP contribution in [0.25, 0.3) is 10.6 Å². The number of nitrogens with one attached hydrogen (secondary N) is 1. The number of halogens is 2. The molecule has 0 fully saturated rings. The number of carbonyl (C=O) groups excluding carboxylic acids is 1. The van der Waals surface area contributed by atoms with Crippen LogP contribution in [0.5, 0.6) is 0 Å². The summed E-state index contributed by atoms with van der Waals surface area (Å²) in [5.41, 5.74) is 1.66. The minimum atomic E-state index is -1.16. The second kappa shape index (κ2) is 8.50. The summed E-state index contributed by atoms with van der Waals surface area (Å²) in [5.74, 6) is -0.430. The summed E-state index contributed by atoms with van der Waals surface area (Å²) in [4.78, 5) is 18.7. The van der Waals surface area contributed by atoms with E-state index in [0.717, 1.165) is 20.5 Å². The van der Waals surface area contributed by atoms with Gasteiger partial charge in [-0.3, -0.25) is 4.79 Å². The van der Waals surface area contributed by atoms with E-state index in [1.807, 2.05) is 24.4 Å². The average molecular weight is 427 g/mol. The van der Waals surface area contributed by atoms with Gasteiger partial charge in [-0.25, -0.2) is 4.98 Å². The molecule has 3 aromatic rings. The quantitative estimate of drug-likeness (QED) is 0.599. The highest BCUT2D eigenvalue weighted by molar-refractivity contribution is 7.16. The normalized spacial score (nSPS) is 12.2. The molecule has 0 aliphatic rings. The van der Waals surface area contributed by atoms with Gasteiger partial charge < -0.3 is 10.4 Å². The third kappa shape index (κ3) is 5.05. The molecule has 0 spiro atoms. The smallest absolute Gasteiger partial charge is 0.249 e. The second-order valence-corrected chi connectivity index (χ2v) is 8.84. The highest BCUT2D eigenvalue weighted by Crippen LogP contribution is 2.29. The van der Waals surface area contributed by atoms with Crippen molar-refractivity contribution in [3.8, 4) is 10.6 Å². The Hall–Kier alpha value is -1.44. The maximum absolute atomic E-state index is 12.1. The Bertz CT molecular complexity index is 903. The average Bonchev–Trinajstić information content (AvgIpc) is 3.20. The van der Waals surface area contributed by atoms with E-state index in [-0.39, 0.29) is 6.42 Å². The van der Waals surface area contributed by atoms with Crippen molar-refractivity contribution in [2.24, 2.45) is 0 Å². The van der Waals surface area contributed by atoms with Crippen LogP contribution in [0.3, 0.4) is 0 Å². The van der Waals surface area contributed by atoms with Gasteiger partial charge in [0.25, 0.3) is 0 Å². The molecule has 26 heavy (non-hydrogen) atoms. The Morgan fingerprint density at radius 3 is 2.65 bits per heavy atom. The van der Waals surface area contributed by atoms with Crippen LogP contribution in [0.15, 0.2) is 35.7 Å². The van der Waals surface area contributed by atoms with Gasteiger partial charge in [0.15, 0.2) is 0 Å². The van der Waals surface area contributed by atoms with Crippen LogP contribution >= 0.6 is 45.9 Å². The molecule has 4 nitrogen and oxygen atoms in total. The minimum Gasteiger partial charge on any atom is -0.383 e. The standard InChI is InChI=1S/C18H16Cl2N2O2S2/c1-10-22-15(9-25-10)17-3-2-14(26-17)8-21-18(24)16(23)6-11-4-12(19)7-13(20)5-11/h2-5,7,9,16,23H,6,8H2,1H3,(H,21,24). The first kappa shape index (κ1) is 19.3. The number of thiazole rings is 1. The van der Waals surface area contributed by atoms with Crippen LogP contribution in [0, 0.1) is 6.92 Å². The SMILES string of the molecule is Cc1nc(-c2ccc(CNC(=O)C(O)Cc3cc(Cl)cc(Cl)c3)s2)cs1. The van der Waals surface area contributed by atoms with E-state index < -0.39 is 12.0 Å². The van der Waals surface area contributed by atoms with Gasteiger partial charge in [0.05, 0.1) is 22.1 Å². The zero-order chi connectivity index (χ0) is 18.7. The molecule has 1 unspecified atom stereocenters. The number of aliphatic hydroxyl groups excluding tert-OH is 1. The molecule has 2 N–H and O–H groups in total. The van der Waals surface area contributed by atoms with Crippen LogP contribution in [-0.4, -0.2) is 22.1 Å². The molecule has 0 saturated carbocycles. The van der Waals surface area contributed by atoms with Gasteiger partial charge in [0.1, 0.15) is 6.10 Å². The molecule has 0 radical (unpaired) electrons. The second-order valence-electron chi connectivity index (χ2n) is 5.73. The molecule has 136 valence electrons. The predicted octanol–water partition coefficient (Wildman–Crippen LogP) is 4.71. The number of thiophene rings is 1. The van der Waals surface area contributed by atoms with E-state index in [0.29, 0.717) is 22.2 Å². The Balaban J connectivity index is 1.55. The summed E-state index contributed by atoms with van der Waals surface area (Å²) in [6.45, 7) is 2.33. The molecule has 0 aliphatic carbocycles. The van der Waals surface area contributed by atoms with E-state index in [2.05, 4.69) is 10.3 Å². The van der Waals surface area contributed by atoms with Gasteiger partial charge in [-0.15, -0.1) is 22.7 Å². The summed E-state index contributed by atoms with van der Waals surface area (Å²) in [5, 5.41) is 16.9. The monoisotopic (exact) mass is 426 g/mol. The first-order valence-corrected chi connectivity index (χ1v) is 10.3. The van der Waals surface area contributed by atoms with Crippen LogP contribution in [0.4, 0.5) is 0 Å². The number of carbonyl (C=O) groups is 1. The molecular formula is C18H16Cl2N2O2S2. The number of hydrogen-bond donors (Lipinski definition) is 2. The lowest BCUT2D eigenvalue weighted by atomic mass is 10.1. The molecule has 0 bridgehead atoms.